The van der Waals surface area contributed by atoms with E-state index in [0.29, 0.717) is 12.5 Å². The minimum absolute atomic E-state index is 0.114. The molecule has 6 heteroatoms. The summed E-state index contributed by atoms with van der Waals surface area (Å²) in [6.07, 6.45) is 6.76. The first-order chi connectivity index (χ1) is 13.2. The summed E-state index contributed by atoms with van der Waals surface area (Å²) < 4.78 is 31.4. The molecular weight excluding hydrogens is 360 g/mol. The predicted octanol–water partition coefficient (Wildman–Crippen LogP) is 3.54. The van der Waals surface area contributed by atoms with E-state index in [9.17, 15) is 4.79 Å². The van der Waals surface area contributed by atoms with Crippen LogP contribution in [-0.2, 0) is 29.5 Å². The minimum atomic E-state index is -0.803. The van der Waals surface area contributed by atoms with Gasteiger partial charge in [0.25, 0.3) is 0 Å². The fourth-order valence-electron chi connectivity index (χ4n) is 7.62. The van der Waals surface area contributed by atoms with Gasteiger partial charge in [-0.1, -0.05) is 13.8 Å². The summed E-state index contributed by atoms with van der Waals surface area (Å²) in [5.74, 6) is -0.733. The van der Waals surface area contributed by atoms with Gasteiger partial charge < -0.3 is 23.4 Å². The second-order valence-electron chi connectivity index (χ2n) is 10.0. The maximum atomic E-state index is 12.1. The van der Waals surface area contributed by atoms with E-state index in [2.05, 4.69) is 20.8 Å². The van der Waals surface area contributed by atoms with Gasteiger partial charge in [0.2, 0.25) is 0 Å². The van der Waals surface area contributed by atoms with Crippen LogP contribution >= 0.6 is 0 Å². The molecule has 0 aromatic carbocycles. The lowest BCUT2D eigenvalue weighted by Gasteiger charge is -2.66. The molecule has 5 aliphatic rings. The fraction of sp³-hybridized carbons (Fsp3) is 0.773. The zero-order valence-electron chi connectivity index (χ0n) is 16.9. The topological polar surface area (TPSA) is 70.4 Å². The largest absolute Gasteiger partial charge is 0.472 e. The Balaban J connectivity index is 1.58. The van der Waals surface area contributed by atoms with Crippen LogP contribution in [0.2, 0.25) is 0 Å². The van der Waals surface area contributed by atoms with E-state index in [0.717, 1.165) is 31.2 Å². The summed E-state index contributed by atoms with van der Waals surface area (Å²) in [6, 6.07) is 1.94. The number of carbonyl (C=O) groups excluding carboxylic acids is 1. The van der Waals surface area contributed by atoms with Crippen LogP contribution < -0.4 is 0 Å². The Morgan fingerprint density at radius 1 is 1.32 bits per heavy atom. The SMILES string of the molecule is CC(=O)O[C@@H]1C[C@H](C)[C@@]2(C)C[C@@]3(c4ccoc4)OC[C@]14C2(CC[C@@H]1O[C@@]14C)O3. The Labute approximate surface area is 164 Å². The lowest BCUT2D eigenvalue weighted by molar-refractivity contribution is -0.392. The van der Waals surface area contributed by atoms with Crippen molar-refractivity contribution in [2.45, 2.75) is 82.6 Å². The summed E-state index contributed by atoms with van der Waals surface area (Å²) in [5, 5.41) is 0. The Morgan fingerprint density at radius 2 is 2.14 bits per heavy atom. The van der Waals surface area contributed by atoms with Crippen LogP contribution in [0.1, 0.15) is 58.9 Å². The van der Waals surface area contributed by atoms with Crippen molar-refractivity contribution < 1.29 is 28.2 Å². The van der Waals surface area contributed by atoms with E-state index < -0.39 is 16.8 Å². The summed E-state index contributed by atoms with van der Waals surface area (Å²) in [6.45, 7) is 8.74. The van der Waals surface area contributed by atoms with Crippen LogP contribution in [0, 0.1) is 16.7 Å². The number of carbonyl (C=O) groups is 1. The molecule has 0 radical (unpaired) electrons. The number of fused-ring (bicyclic) bond motifs is 2. The molecule has 152 valence electrons. The maximum absolute atomic E-state index is 12.1. The van der Waals surface area contributed by atoms with E-state index in [1.807, 2.05) is 6.07 Å². The molecular formula is C22H28O6. The molecule has 6 rings (SSSR count). The molecule has 5 fully saturated rings. The highest BCUT2D eigenvalue weighted by molar-refractivity contribution is 5.66. The average Bonchev–Trinajstić information content (AvgIpc) is 3.00. The number of epoxide rings is 1. The maximum Gasteiger partial charge on any atom is 0.302 e. The van der Waals surface area contributed by atoms with E-state index >= 15 is 0 Å². The average molecular weight is 388 g/mol. The first-order valence-corrected chi connectivity index (χ1v) is 10.4. The van der Waals surface area contributed by atoms with E-state index in [1.54, 1.807) is 12.5 Å². The van der Waals surface area contributed by atoms with Crippen molar-refractivity contribution in [3.63, 3.8) is 0 Å². The molecule has 2 saturated carbocycles. The molecule has 4 heterocycles. The Hall–Kier alpha value is -1.37. The number of ether oxygens (including phenoxy) is 4. The van der Waals surface area contributed by atoms with Crippen LogP contribution in [0.4, 0.5) is 0 Å². The number of rotatable bonds is 2. The lowest BCUT2D eigenvalue weighted by Crippen LogP contribution is -2.77. The van der Waals surface area contributed by atoms with Gasteiger partial charge in [0.05, 0.1) is 36.3 Å². The number of hydrogen-bond acceptors (Lipinski definition) is 6. The Bertz CT molecular complexity index is 851. The van der Waals surface area contributed by atoms with Crippen molar-refractivity contribution in [2.75, 3.05) is 6.61 Å². The molecule has 1 aromatic rings. The highest BCUT2D eigenvalue weighted by Gasteiger charge is 2.89. The van der Waals surface area contributed by atoms with Crippen LogP contribution in [0.5, 0.6) is 0 Å². The standard InChI is InChI=1S/C22H28O6/c1-13-9-17(26-14(2)23)20-12-25-21(15-6-8-24-10-15)11-18(13,3)22(20,28-21)7-5-16-19(20,4)27-16/h6,8,10,13,16-17H,5,7,9,11-12H2,1-4H3/t13-,16-,17+,18+,19-,20-,21+,22?/m0/s1. The Morgan fingerprint density at radius 3 is 2.86 bits per heavy atom. The van der Waals surface area contributed by atoms with Crippen LogP contribution in [0.15, 0.2) is 23.0 Å². The second-order valence-corrected chi connectivity index (χ2v) is 10.0. The quantitative estimate of drug-likeness (QED) is 0.570. The lowest BCUT2D eigenvalue weighted by atomic mass is 9.41. The van der Waals surface area contributed by atoms with Crippen molar-refractivity contribution in [2.24, 2.45) is 16.7 Å². The van der Waals surface area contributed by atoms with Gasteiger partial charge in [-0.25, -0.2) is 0 Å². The second kappa shape index (κ2) is 4.85. The zero-order valence-corrected chi connectivity index (χ0v) is 16.9. The summed E-state index contributed by atoms with van der Waals surface area (Å²) >= 11 is 0. The van der Waals surface area contributed by atoms with Crippen molar-refractivity contribution in [1.29, 1.82) is 0 Å². The third kappa shape index (κ3) is 1.60. The van der Waals surface area contributed by atoms with Crippen molar-refractivity contribution in [1.82, 2.24) is 0 Å². The molecule has 1 spiro atoms. The highest BCUT2D eigenvalue weighted by Crippen LogP contribution is 2.80. The smallest absolute Gasteiger partial charge is 0.302 e. The number of furan rings is 1. The van der Waals surface area contributed by atoms with E-state index in [-0.39, 0.29) is 29.2 Å². The number of esters is 1. The third-order valence-electron chi connectivity index (χ3n) is 9.18. The fourth-order valence-corrected chi connectivity index (χ4v) is 7.62. The van der Waals surface area contributed by atoms with Crippen LogP contribution in [-0.4, -0.2) is 36.0 Å². The summed E-state index contributed by atoms with van der Waals surface area (Å²) in [5.41, 5.74) is -0.530. The van der Waals surface area contributed by atoms with Gasteiger partial charge >= 0.3 is 5.97 Å². The van der Waals surface area contributed by atoms with Gasteiger partial charge in [-0.3, -0.25) is 4.79 Å². The van der Waals surface area contributed by atoms with E-state index in [4.69, 9.17) is 23.4 Å². The molecule has 2 bridgehead atoms. The van der Waals surface area contributed by atoms with Crippen molar-refractivity contribution >= 4 is 5.97 Å². The first-order valence-electron chi connectivity index (χ1n) is 10.4. The molecule has 2 aliphatic carbocycles. The monoisotopic (exact) mass is 388 g/mol. The molecule has 3 aliphatic heterocycles. The molecule has 1 unspecified atom stereocenters. The van der Waals surface area contributed by atoms with Crippen molar-refractivity contribution in [3.8, 4) is 0 Å². The van der Waals surface area contributed by atoms with Gasteiger partial charge in [0.15, 0.2) is 5.79 Å². The molecule has 0 amide bonds. The van der Waals surface area contributed by atoms with Crippen molar-refractivity contribution in [3.05, 3.63) is 24.2 Å². The molecule has 0 N–H and O–H groups in total. The van der Waals surface area contributed by atoms with Gasteiger partial charge in [-0.15, -0.1) is 0 Å². The molecule has 8 atom stereocenters. The zero-order chi connectivity index (χ0) is 19.6. The normalized spacial score (nSPS) is 55.9. The van der Waals surface area contributed by atoms with Gasteiger partial charge in [0, 0.05) is 24.3 Å². The minimum Gasteiger partial charge on any atom is -0.472 e. The van der Waals surface area contributed by atoms with E-state index in [1.165, 1.54) is 6.92 Å². The first kappa shape index (κ1) is 17.5. The Kier molecular flexibility index (Phi) is 3.03. The summed E-state index contributed by atoms with van der Waals surface area (Å²) in [4.78, 5) is 12.1. The third-order valence-corrected chi connectivity index (χ3v) is 9.18. The number of hydrogen-bond donors (Lipinski definition) is 0. The molecule has 1 aromatic heterocycles. The molecule has 6 nitrogen and oxygen atoms in total. The summed E-state index contributed by atoms with van der Waals surface area (Å²) in [7, 11) is 0. The van der Waals surface area contributed by atoms with Gasteiger partial charge in [-0.05, 0) is 38.2 Å². The molecule has 28 heavy (non-hydrogen) atoms. The highest BCUT2D eigenvalue weighted by atomic mass is 16.7. The van der Waals surface area contributed by atoms with Gasteiger partial charge in [0.1, 0.15) is 11.7 Å². The van der Waals surface area contributed by atoms with Gasteiger partial charge in [-0.2, -0.15) is 0 Å². The molecule has 3 saturated heterocycles. The van der Waals surface area contributed by atoms with Crippen LogP contribution in [0.25, 0.3) is 0 Å². The van der Waals surface area contributed by atoms with Crippen LogP contribution in [0.3, 0.4) is 0 Å². The predicted molar refractivity (Wildman–Crippen MR) is 97.2 cm³/mol.